The van der Waals surface area contributed by atoms with Crippen LogP contribution in [0.3, 0.4) is 0 Å². The van der Waals surface area contributed by atoms with Gasteiger partial charge in [0.2, 0.25) is 0 Å². The Morgan fingerprint density at radius 2 is 1.82 bits per heavy atom. The minimum absolute atomic E-state index is 0.112. The predicted molar refractivity (Wildman–Crippen MR) is 105 cm³/mol. The molecular weight excluding hydrogens is 382 g/mol. The van der Waals surface area contributed by atoms with Crippen LogP contribution in [0.2, 0.25) is 5.02 Å². The highest BCUT2D eigenvalue weighted by molar-refractivity contribution is 6.31. The molecule has 0 saturated heterocycles. The van der Waals surface area contributed by atoms with Crippen LogP contribution in [0.15, 0.2) is 72.2 Å². The third-order valence-electron chi connectivity index (χ3n) is 4.05. The summed E-state index contributed by atoms with van der Waals surface area (Å²) in [6.45, 7) is 0. The first-order valence-corrected chi connectivity index (χ1v) is 8.54. The van der Waals surface area contributed by atoms with Crippen molar-refractivity contribution in [3.8, 4) is 0 Å². The highest BCUT2D eigenvalue weighted by Gasteiger charge is 2.17. The minimum Gasteiger partial charge on any atom is -0.478 e. The Hall–Kier alpha value is -3.58. The molecule has 7 nitrogen and oxygen atoms in total. The number of carbonyl (C=O) groups is 2. The Kier molecular flexibility index (Phi) is 5.76. The van der Waals surface area contributed by atoms with Crippen LogP contribution in [-0.4, -0.2) is 22.0 Å². The molecule has 0 saturated carbocycles. The van der Waals surface area contributed by atoms with E-state index in [1.54, 1.807) is 36.7 Å². The number of hydrogen-bond donors (Lipinski definition) is 2. The number of halogens is 1. The largest absolute Gasteiger partial charge is 0.478 e. The summed E-state index contributed by atoms with van der Waals surface area (Å²) in [7, 11) is 0. The van der Waals surface area contributed by atoms with Gasteiger partial charge in [-0.2, -0.15) is 0 Å². The number of carboxylic acids is 1. The van der Waals surface area contributed by atoms with E-state index in [9.17, 15) is 19.6 Å². The maximum atomic E-state index is 12.5. The molecule has 28 heavy (non-hydrogen) atoms. The minimum atomic E-state index is -1.20. The average Bonchev–Trinajstić information content (AvgIpc) is 2.71. The molecule has 0 bridgehead atoms. The van der Waals surface area contributed by atoms with Crippen LogP contribution in [0.5, 0.6) is 0 Å². The molecule has 1 heterocycles. The highest BCUT2D eigenvalue weighted by atomic mass is 35.5. The van der Waals surface area contributed by atoms with Gasteiger partial charge in [-0.15, -0.1) is 4.91 Å². The van der Waals surface area contributed by atoms with Gasteiger partial charge in [0.15, 0.2) is 0 Å². The summed E-state index contributed by atoms with van der Waals surface area (Å²) >= 11 is 5.81. The van der Waals surface area contributed by atoms with Crippen molar-refractivity contribution in [3.63, 3.8) is 0 Å². The van der Waals surface area contributed by atoms with Crippen LogP contribution in [0.4, 0.5) is 5.69 Å². The van der Waals surface area contributed by atoms with Gasteiger partial charge in [0.1, 0.15) is 6.04 Å². The fourth-order valence-corrected chi connectivity index (χ4v) is 2.84. The first-order valence-electron chi connectivity index (χ1n) is 8.16. The summed E-state index contributed by atoms with van der Waals surface area (Å²) in [6, 6.07) is 13.2. The van der Waals surface area contributed by atoms with Crippen molar-refractivity contribution in [2.24, 2.45) is 5.18 Å². The summed E-state index contributed by atoms with van der Waals surface area (Å²) in [5, 5.41) is 15.2. The van der Waals surface area contributed by atoms with Crippen LogP contribution in [0.25, 0.3) is 0 Å². The van der Waals surface area contributed by atoms with Gasteiger partial charge in [0.05, 0.1) is 11.3 Å². The molecule has 1 atom stereocenters. The summed E-state index contributed by atoms with van der Waals surface area (Å²) in [6.07, 6.45) is 3.15. The lowest BCUT2D eigenvalue weighted by atomic mass is 9.99. The standard InChI is InChI=1S/C20H14ClN3O4/c21-15-7-8-17(16(10-15)20(26)27)23-19(25)13-5-3-12(4-6-13)18(24-28)14-2-1-9-22-11-14/h1-11,18H,(H,23,25)(H,26,27). The lowest BCUT2D eigenvalue weighted by Crippen LogP contribution is -2.15. The lowest BCUT2D eigenvalue weighted by Gasteiger charge is -2.11. The fourth-order valence-electron chi connectivity index (χ4n) is 2.67. The second-order valence-electron chi connectivity index (χ2n) is 5.87. The number of anilines is 1. The first-order chi connectivity index (χ1) is 13.5. The molecule has 0 aliphatic heterocycles. The van der Waals surface area contributed by atoms with Crippen molar-refractivity contribution >= 4 is 29.2 Å². The van der Waals surface area contributed by atoms with Gasteiger partial charge in [-0.05, 0) is 42.0 Å². The molecule has 0 fully saturated rings. The first kappa shape index (κ1) is 19.2. The Morgan fingerprint density at radius 3 is 2.43 bits per heavy atom. The van der Waals surface area contributed by atoms with Crippen LogP contribution in [0.1, 0.15) is 37.9 Å². The Balaban J connectivity index is 1.81. The Labute approximate surface area is 165 Å². The number of nitroso groups, excluding NO2 is 1. The smallest absolute Gasteiger partial charge is 0.337 e. The van der Waals surface area contributed by atoms with Gasteiger partial charge in [-0.3, -0.25) is 9.78 Å². The van der Waals surface area contributed by atoms with Crippen molar-refractivity contribution in [1.82, 2.24) is 4.98 Å². The lowest BCUT2D eigenvalue weighted by molar-refractivity contribution is 0.0698. The molecule has 8 heteroatoms. The third kappa shape index (κ3) is 4.21. The van der Waals surface area contributed by atoms with Gasteiger partial charge in [0.25, 0.3) is 5.91 Å². The molecule has 3 rings (SSSR count). The van der Waals surface area contributed by atoms with E-state index in [4.69, 9.17) is 11.6 Å². The topological polar surface area (TPSA) is 109 Å². The second kappa shape index (κ2) is 8.41. The van der Waals surface area contributed by atoms with Gasteiger partial charge in [-0.25, -0.2) is 4.79 Å². The van der Waals surface area contributed by atoms with Gasteiger partial charge in [0, 0.05) is 28.5 Å². The molecule has 140 valence electrons. The normalized spacial score (nSPS) is 11.5. The van der Waals surface area contributed by atoms with E-state index in [-0.39, 0.29) is 16.3 Å². The fraction of sp³-hybridized carbons (Fsp3) is 0.0500. The maximum absolute atomic E-state index is 12.5. The number of amides is 1. The number of rotatable bonds is 6. The zero-order chi connectivity index (χ0) is 20.1. The van der Waals surface area contributed by atoms with E-state index in [2.05, 4.69) is 15.5 Å². The van der Waals surface area contributed by atoms with Crippen LogP contribution >= 0.6 is 11.6 Å². The summed E-state index contributed by atoms with van der Waals surface area (Å²) in [5.74, 6) is -1.70. The van der Waals surface area contributed by atoms with Crippen molar-refractivity contribution in [1.29, 1.82) is 0 Å². The van der Waals surface area contributed by atoms with Crippen LogP contribution < -0.4 is 5.32 Å². The number of hydrogen-bond acceptors (Lipinski definition) is 5. The summed E-state index contributed by atoms with van der Waals surface area (Å²) in [4.78, 5) is 39.0. The Bertz CT molecular complexity index is 1020. The van der Waals surface area contributed by atoms with E-state index in [1.165, 1.54) is 30.3 Å². The quantitative estimate of drug-likeness (QED) is 0.595. The molecule has 3 aromatic rings. The second-order valence-corrected chi connectivity index (χ2v) is 6.30. The van der Waals surface area contributed by atoms with E-state index in [0.29, 0.717) is 16.7 Å². The molecule has 2 aromatic carbocycles. The number of pyridine rings is 1. The number of carbonyl (C=O) groups excluding carboxylic acids is 1. The average molecular weight is 396 g/mol. The molecule has 0 spiro atoms. The zero-order valence-electron chi connectivity index (χ0n) is 14.4. The van der Waals surface area contributed by atoms with Gasteiger partial charge in [-0.1, -0.05) is 35.0 Å². The molecule has 0 aliphatic carbocycles. The highest BCUT2D eigenvalue weighted by Crippen LogP contribution is 2.26. The number of benzene rings is 2. The number of nitrogens with zero attached hydrogens (tertiary/aromatic N) is 2. The third-order valence-corrected chi connectivity index (χ3v) is 4.29. The van der Waals surface area contributed by atoms with E-state index >= 15 is 0 Å². The monoisotopic (exact) mass is 395 g/mol. The Morgan fingerprint density at radius 1 is 1.07 bits per heavy atom. The van der Waals surface area contributed by atoms with Crippen LogP contribution in [0, 0.1) is 4.91 Å². The summed E-state index contributed by atoms with van der Waals surface area (Å²) in [5.41, 5.74) is 1.57. The molecular formula is C20H14ClN3O4. The zero-order valence-corrected chi connectivity index (χ0v) is 15.1. The molecule has 0 aliphatic rings. The van der Waals surface area contributed by atoms with Crippen molar-refractivity contribution in [2.45, 2.75) is 6.04 Å². The number of aromatic carboxylic acids is 1. The van der Waals surface area contributed by atoms with Crippen molar-refractivity contribution < 1.29 is 14.7 Å². The van der Waals surface area contributed by atoms with Crippen molar-refractivity contribution in [3.05, 3.63) is 99.2 Å². The SMILES string of the molecule is O=NC(c1ccc(C(=O)Nc2ccc(Cl)cc2C(=O)O)cc1)c1cccnc1. The van der Waals surface area contributed by atoms with E-state index in [1.807, 2.05) is 0 Å². The van der Waals surface area contributed by atoms with Crippen LogP contribution in [-0.2, 0) is 0 Å². The van der Waals surface area contributed by atoms with Gasteiger partial charge < -0.3 is 10.4 Å². The summed E-state index contributed by atoms with van der Waals surface area (Å²) < 4.78 is 0. The number of aromatic nitrogens is 1. The molecule has 1 aromatic heterocycles. The number of carboxylic acid groups (broad SMARTS) is 1. The maximum Gasteiger partial charge on any atom is 0.337 e. The van der Waals surface area contributed by atoms with E-state index < -0.39 is 17.9 Å². The van der Waals surface area contributed by atoms with Gasteiger partial charge >= 0.3 is 5.97 Å². The molecule has 2 N–H and O–H groups in total. The molecule has 0 radical (unpaired) electrons. The van der Waals surface area contributed by atoms with Crippen molar-refractivity contribution in [2.75, 3.05) is 5.32 Å². The number of nitrogens with one attached hydrogen (secondary N) is 1. The molecule has 1 unspecified atom stereocenters. The predicted octanol–water partition coefficient (Wildman–Crippen LogP) is 4.54. The van der Waals surface area contributed by atoms with E-state index in [0.717, 1.165) is 0 Å². The molecule has 1 amide bonds.